The van der Waals surface area contributed by atoms with Crippen molar-refractivity contribution in [2.24, 2.45) is 0 Å². The first-order chi connectivity index (χ1) is 15.5. The molecule has 5 heteroatoms. The van der Waals surface area contributed by atoms with Gasteiger partial charge in [-0.25, -0.2) is 0 Å². The minimum atomic E-state index is 0.0450. The molecule has 0 atom stereocenters. The summed E-state index contributed by atoms with van der Waals surface area (Å²) >= 11 is 6.12. The molecule has 3 rings (SSSR count). The van der Waals surface area contributed by atoms with Gasteiger partial charge >= 0.3 is 0 Å². The summed E-state index contributed by atoms with van der Waals surface area (Å²) in [6.07, 6.45) is 0.518. The Balaban J connectivity index is 2.07. The maximum atomic E-state index is 9.86. The molecule has 0 saturated heterocycles. The summed E-state index contributed by atoms with van der Waals surface area (Å²) in [7, 11) is 5.71. The lowest BCUT2D eigenvalue weighted by atomic mass is 9.88. The summed E-state index contributed by atoms with van der Waals surface area (Å²) in [5, 5.41) is 10.5. The van der Waals surface area contributed by atoms with E-state index in [1.165, 1.54) is 0 Å². The van der Waals surface area contributed by atoms with Gasteiger partial charge in [0.15, 0.2) is 0 Å². The summed E-state index contributed by atoms with van der Waals surface area (Å²) in [6, 6.07) is 23.9. The molecule has 0 spiro atoms. The van der Waals surface area contributed by atoms with E-state index < -0.39 is 0 Å². The van der Waals surface area contributed by atoms with Crippen LogP contribution in [-0.4, -0.2) is 51.0 Å². The highest BCUT2D eigenvalue weighted by molar-refractivity contribution is 6.30. The van der Waals surface area contributed by atoms with Crippen LogP contribution in [-0.2, 0) is 0 Å². The molecule has 0 radical (unpaired) electrons. The molecular formula is C27H30ClNO3. The Kier molecular flexibility index (Phi) is 8.74. The molecule has 3 aromatic rings. The Bertz CT molecular complexity index is 1010. The number of rotatable bonds is 10. The molecule has 1 N–H and O–H groups in total. The largest absolute Gasteiger partial charge is 0.497 e. The lowest BCUT2D eigenvalue weighted by Crippen LogP contribution is -2.19. The Morgan fingerprint density at radius 3 is 1.84 bits per heavy atom. The summed E-state index contributed by atoms with van der Waals surface area (Å²) < 4.78 is 11.2. The van der Waals surface area contributed by atoms with Gasteiger partial charge in [-0.3, -0.25) is 0 Å². The summed E-state index contributed by atoms with van der Waals surface area (Å²) in [5.74, 6) is 1.63. The molecule has 0 aliphatic carbocycles. The Morgan fingerprint density at radius 2 is 1.34 bits per heavy atom. The fourth-order valence-corrected chi connectivity index (χ4v) is 3.64. The predicted octanol–water partition coefficient (Wildman–Crippen LogP) is 5.63. The molecule has 32 heavy (non-hydrogen) atoms. The summed E-state index contributed by atoms with van der Waals surface area (Å²) in [6.45, 7) is 1.54. The molecular weight excluding hydrogens is 422 g/mol. The van der Waals surface area contributed by atoms with Crippen LogP contribution in [0.5, 0.6) is 11.5 Å². The SMILES string of the molecule is COc1ccc(/C(=C(/CCO)c2ccc(Cl)cc2)c2ccc(OCCN(C)C)cc2)cc1. The number of aliphatic hydroxyl groups is 1. The maximum absolute atomic E-state index is 9.86. The molecule has 0 bridgehead atoms. The number of benzene rings is 3. The van der Waals surface area contributed by atoms with Gasteiger partial charge in [-0.1, -0.05) is 48.0 Å². The zero-order chi connectivity index (χ0) is 22.9. The van der Waals surface area contributed by atoms with Gasteiger partial charge in [0.1, 0.15) is 18.1 Å². The zero-order valence-corrected chi connectivity index (χ0v) is 19.6. The van der Waals surface area contributed by atoms with E-state index in [0.29, 0.717) is 18.1 Å². The van der Waals surface area contributed by atoms with Gasteiger partial charge in [0.25, 0.3) is 0 Å². The number of hydrogen-bond acceptors (Lipinski definition) is 4. The van der Waals surface area contributed by atoms with E-state index in [-0.39, 0.29) is 6.61 Å². The average molecular weight is 452 g/mol. The highest BCUT2D eigenvalue weighted by Gasteiger charge is 2.15. The van der Waals surface area contributed by atoms with Crippen molar-refractivity contribution in [2.45, 2.75) is 6.42 Å². The molecule has 0 amide bonds. The first-order valence-corrected chi connectivity index (χ1v) is 11.0. The van der Waals surface area contributed by atoms with E-state index in [1.54, 1.807) is 7.11 Å². The molecule has 0 aliphatic heterocycles. The average Bonchev–Trinajstić information content (AvgIpc) is 2.80. The molecule has 0 unspecified atom stereocenters. The number of nitrogens with zero attached hydrogens (tertiary/aromatic N) is 1. The Hall–Kier alpha value is -2.79. The molecule has 0 heterocycles. The van der Waals surface area contributed by atoms with E-state index in [2.05, 4.69) is 17.0 Å². The molecule has 3 aromatic carbocycles. The number of halogens is 1. The van der Waals surface area contributed by atoms with Crippen LogP contribution in [0.2, 0.25) is 5.02 Å². The van der Waals surface area contributed by atoms with Gasteiger partial charge in [0.2, 0.25) is 0 Å². The van der Waals surface area contributed by atoms with Crippen LogP contribution in [0.4, 0.5) is 0 Å². The van der Waals surface area contributed by atoms with Crippen LogP contribution in [0.25, 0.3) is 11.1 Å². The monoisotopic (exact) mass is 451 g/mol. The number of aliphatic hydroxyl groups excluding tert-OH is 1. The fourth-order valence-electron chi connectivity index (χ4n) is 3.51. The smallest absolute Gasteiger partial charge is 0.119 e. The molecule has 0 fully saturated rings. The van der Waals surface area contributed by atoms with E-state index in [1.807, 2.05) is 74.8 Å². The van der Waals surface area contributed by atoms with Gasteiger partial charge in [-0.2, -0.15) is 0 Å². The third-order valence-corrected chi connectivity index (χ3v) is 5.44. The van der Waals surface area contributed by atoms with Crippen LogP contribution in [0.1, 0.15) is 23.1 Å². The van der Waals surface area contributed by atoms with Gasteiger partial charge < -0.3 is 19.5 Å². The minimum absolute atomic E-state index is 0.0450. The maximum Gasteiger partial charge on any atom is 0.119 e. The number of ether oxygens (including phenoxy) is 2. The van der Waals surface area contributed by atoms with Gasteiger partial charge in [0.05, 0.1) is 7.11 Å². The first-order valence-electron chi connectivity index (χ1n) is 10.6. The number of hydrogen-bond donors (Lipinski definition) is 1. The molecule has 0 aromatic heterocycles. The number of likely N-dealkylation sites (N-methyl/N-ethyl adjacent to an activating group) is 1. The zero-order valence-electron chi connectivity index (χ0n) is 18.8. The van der Waals surface area contributed by atoms with Gasteiger partial charge in [-0.05, 0) is 84.8 Å². The highest BCUT2D eigenvalue weighted by Crippen LogP contribution is 2.36. The normalized spacial score (nSPS) is 11.9. The molecule has 0 aliphatic rings. The van der Waals surface area contributed by atoms with Crippen molar-refractivity contribution in [3.8, 4) is 11.5 Å². The van der Waals surface area contributed by atoms with Crippen molar-refractivity contribution < 1.29 is 14.6 Å². The lowest BCUT2D eigenvalue weighted by molar-refractivity contribution is 0.261. The van der Waals surface area contributed by atoms with E-state index in [4.69, 9.17) is 21.1 Å². The minimum Gasteiger partial charge on any atom is -0.497 e. The predicted molar refractivity (Wildman–Crippen MR) is 133 cm³/mol. The summed E-state index contributed by atoms with van der Waals surface area (Å²) in [5.41, 5.74) is 5.24. The Labute approximate surface area is 195 Å². The second kappa shape index (κ2) is 11.7. The quantitative estimate of drug-likeness (QED) is 0.405. The fraction of sp³-hybridized carbons (Fsp3) is 0.259. The first kappa shape index (κ1) is 23.9. The molecule has 168 valence electrons. The van der Waals surface area contributed by atoms with Crippen molar-refractivity contribution in [2.75, 3.05) is 41.0 Å². The van der Waals surface area contributed by atoms with Crippen molar-refractivity contribution in [3.05, 3.63) is 94.5 Å². The second-order valence-electron chi connectivity index (χ2n) is 7.74. The number of methoxy groups -OCH3 is 1. The van der Waals surface area contributed by atoms with Crippen molar-refractivity contribution in [1.29, 1.82) is 0 Å². The van der Waals surface area contributed by atoms with Gasteiger partial charge in [-0.15, -0.1) is 0 Å². The van der Waals surface area contributed by atoms with Crippen LogP contribution in [0.3, 0.4) is 0 Å². The van der Waals surface area contributed by atoms with E-state index >= 15 is 0 Å². The van der Waals surface area contributed by atoms with E-state index in [9.17, 15) is 5.11 Å². The standard InChI is InChI=1S/C27H30ClNO3/c1-29(2)17-19-32-25-14-8-22(9-15-25)27(21-6-12-24(31-3)13-7-21)26(16-18-30)20-4-10-23(28)11-5-20/h4-15,30H,16-19H2,1-3H3/b27-26+. The third-order valence-electron chi connectivity index (χ3n) is 5.19. The topological polar surface area (TPSA) is 41.9 Å². The van der Waals surface area contributed by atoms with Crippen LogP contribution >= 0.6 is 11.6 Å². The van der Waals surface area contributed by atoms with Crippen LogP contribution in [0.15, 0.2) is 72.8 Å². The second-order valence-corrected chi connectivity index (χ2v) is 8.18. The third kappa shape index (κ3) is 6.36. The highest BCUT2D eigenvalue weighted by atomic mass is 35.5. The van der Waals surface area contributed by atoms with Crippen molar-refractivity contribution >= 4 is 22.7 Å². The summed E-state index contributed by atoms with van der Waals surface area (Å²) in [4.78, 5) is 2.09. The lowest BCUT2D eigenvalue weighted by Gasteiger charge is -2.18. The Morgan fingerprint density at radius 1 is 0.812 bits per heavy atom. The van der Waals surface area contributed by atoms with Crippen LogP contribution in [0, 0.1) is 0 Å². The molecule has 4 nitrogen and oxygen atoms in total. The molecule has 0 saturated carbocycles. The van der Waals surface area contributed by atoms with Crippen molar-refractivity contribution in [1.82, 2.24) is 4.90 Å². The van der Waals surface area contributed by atoms with Crippen molar-refractivity contribution in [3.63, 3.8) is 0 Å². The van der Waals surface area contributed by atoms with Gasteiger partial charge in [0, 0.05) is 18.2 Å². The van der Waals surface area contributed by atoms with Crippen LogP contribution < -0.4 is 9.47 Å². The van der Waals surface area contributed by atoms with E-state index in [0.717, 1.165) is 45.9 Å².